The van der Waals surface area contributed by atoms with Crippen LogP contribution in [-0.2, 0) is 7.05 Å². The van der Waals surface area contributed by atoms with Crippen molar-refractivity contribution in [2.45, 2.75) is 31.9 Å². The number of rotatable bonds is 7. The van der Waals surface area contributed by atoms with Gasteiger partial charge in [-0.1, -0.05) is 30.7 Å². The predicted octanol–water partition coefficient (Wildman–Crippen LogP) is 3.51. The highest BCUT2D eigenvalue weighted by molar-refractivity contribution is 6.30. The molecule has 1 unspecified atom stereocenters. The number of aliphatic hydroxyl groups is 1. The molecule has 1 N–H and O–H groups in total. The monoisotopic (exact) mass is 390 g/mol. The minimum absolute atomic E-state index is 0.392. The molecule has 1 saturated heterocycles. The zero-order valence-corrected chi connectivity index (χ0v) is 17.3. The van der Waals surface area contributed by atoms with Gasteiger partial charge in [-0.3, -0.25) is 9.58 Å². The molecule has 0 spiro atoms. The van der Waals surface area contributed by atoms with Crippen LogP contribution in [0, 0.1) is 5.92 Å². The van der Waals surface area contributed by atoms with Crippen LogP contribution in [0.4, 0.5) is 0 Å². The predicted molar refractivity (Wildman–Crippen MR) is 110 cm³/mol. The summed E-state index contributed by atoms with van der Waals surface area (Å²) in [7, 11) is 4.07. The number of hydrogen-bond donors (Lipinski definition) is 1. The quantitative estimate of drug-likeness (QED) is 0.785. The van der Waals surface area contributed by atoms with Crippen molar-refractivity contribution >= 4 is 11.6 Å². The first kappa shape index (κ1) is 20.3. The molecule has 148 valence electrons. The van der Waals surface area contributed by atoms with Gasteiger partial charge in [-0.25, -0.2) is 0 Å². The van der Waals surface area contributed by atoms with E-state index in [1.54, 1.807) is 0 Å². The molecule has 0 amide bonds. The summed E-state index contributed by atoms with van der Waals surface area (Å²) in [5.74, 6) is 0.527. The lowest BCUT2D eigenvalue weighted by Gasteiger charge is -2.42. The number of aromatic nitrogens is 2. The normalized spacial score (nSPS) is 22.3. The molecule has 5 nitrogen and oxygen atoms in total. The van der Waals surface area contributed by atoms with Gasteiger partial charge in [0, 0.05) is 43.0 Å². The Labute approximate surface area is 167 Å². The second-order valence-corrected chi connectivity index (χ2v) is 8.15. The van der Waals surface area contributed by atoms with Crippen molar-refractivity contribution in [3.8, 4) is 0 Å². The second-order valence-electron chi connectivity index (χ2n) is 7.72. The van der Waals surface area contributed by atoms with E-state index in [1.165, 1.54) is 18.4 Å². The van der Waals surface area contributed by atoms with Gasteiger partial charge < -0.3 is 10.0 Å². The number of likely N-dealkylation sites (tertiary alicyclic amines) is 1. The van der Waals surface area contributed by atoms with Crippen molar-refractivity contribution < 1.29 is 5.11 Å². The van der Waals surface area contributed by atoms with Crippen molar-refractivity contribution in [3.63, 3.8) is 0 Å². The zero-order chi connectivity index (χ0) is 19.4. The summed E-state index contributed by atoms with van der Waals surface area (Å²) in [5, 5.41) is 15.7. The third kappa shape index (κ3) is 5.11. The molecule has 3 atom stereocenters. The molecule has 6 heteroatoms. The van der Waals surface area contributed by atoms with Crippen LogP contribution in [0.5, 0.6) is 0 Å². The highest BCUT2D eigenvalue weighted by atomic mass is 35.5. The van der Waals surface area contributed by atoms with E-state index in [-0.39, 0.29) is 0 Å². The third-order valence-corrected chi connectivity index (χ3v) is 5.83. The van der Waals surface area contributed by atoms with Crippen molar-refractivity contribution in [1.29, 1.82) is 0 Å². The summed E-state index contributed by atoms with van der Waals surface area (Å²) < 4.78 is 1.89. The van der Waals surface area contributed by atoms with Gasteiger partial charge in [-0.15, -0.1) is 0 Å². The SMILES string of the molecule is CCN1CCC[C@@H](CN(C)CC(O)c2cccc(Cl)c2)[C@@H]1c1cnn(C)c1. The first-order valence-electron chi connectivity index (χ1n) is 9.82. The second kappa shape index (κ2) is 9.20. The molecule has 0 saturated carbocycles. The molecule has 2 heterocycles. The number of nitrogens with zero attached hydrogens (tertiary/aromatic N) is 4. The minimum Gasteiger partial charge on any atom is -0.387 e. The molecule has 1 aliphatic rings. The van der Waals surface area contributed by atoms with E-state index < -0.39 is 6.10 Å². The van der Waals surface area contributed by atoms with E-state index >= 15 is 0 Å². The Bertz CT molecular complexity index is 734. The molecule has 3 rings (SSSR count). The number of hydrogen-bond acceptors (Lipinski definition) is 4. The van der Waals surface area contributed by atoms with Crippen molar-refractivity contribution in [3.05, 3.63) is 52.8 Å². The Morgan fingerprint density at radius 1 is 1.41 bits per heavy atom. The van der Waals surface area contributed by atoms with E-state index in [9.17, 15) is 5.11 Å². The molecule has 27 heavy (non-hydrogen) atoms. The van der Waals surface area contributed by atoms with Crippen LogP contribution < -0.4 is 0 Å². The van der Waals surface area contributed by atoms with Gasteiger partial charge >= 0.3 is 0 Å². The summed E-state index contributed by atoms with van der Waals surface area (Å²) in [6.45, 7) is 5.97. The van der Waals surface area contributed by atoms with Gasteiger partial charge in [0.05, 0.1) is 12.3 Å². The summed E-state index contributed by atoms with van der Waals surface area (Å²) in [5.41, 5.74) is 2.17. The summed E-state index contributed by atoms with van der Waals surface area (Å²) in [4.78, 5) is 4.81. The van der Waals surface area contributed by atoms with Crippen LogP contribution >= 0.6 is 11.6 Å². The fourth-order valence-electron chi connectivity index (χ4n) is 4.36. The van der Waals surface area contributed by atoms with Crippen molar-refractivity contribution in [2.75, 3.05) is 33.2 Å². The van der Waals surface area contributed by atoms with Gasteiger partial charge in [0.15, 0.2) is 0 Å². The molecule has 0 bridgehead atoms. The van der Waals surface area contributed by atoms with Crippen LogP contribution in [0.3, 0.4) is 0 Å². The Balaban J connectivity index is 1.68. The number of benzene rings is 1. The molecular formula is C21H31ClN4O. The Hall–Kier alpha value is -1.40. The molecule has 1 aliphatic heterocycles. The topological polar surface area (TPSA) is 44.5 Å². The highest BCUT2D eigenvalue weighted by Gasteiger charge is 2.33. The maximum Gasteiger partial charge on any atom is 0.0917 e. The average Bonchev–Trinajstić information content (AvgIpc) is 3.07. The average molecular weight is 391 g/mol. The van der Waals surface area contributed by atoms with E-state index in [0.717, 1.165) is 25.2 Å². The van der Waals surface area contributed by atoms with Crippen LogP contribution in [0.15, 0.2) is 36.7 Å². The Morgan fingerprint density at radius 3 is 2.89 bits per heavy atom. The largest absolute Gasteiger partial charge is 0.387 e. The number of aliphatic hydroxyl groups excluding tert-OH is 1. The molecule has 0 radical (unpaired) electrons. The Morgan fingerprint density at radius 2 is 2.22 bits per heavy atom. The zero-order valence-electron chi connectivity index (χ0n) is 16.6. The van der Waals surface area contributed by atoms with E-state index in [1.807, 2.05) is 42.2 Å². The Kier molecular flexibility index (Phi) is 6.93. The fraction of sp³-hybridized carbons (Fsp3) is 0.571. The molecule has 0 aliphatic carbocycles. The number of halogens is 1. The maximum absolute atomic E-state index is 10.6. The van der Waals surface area contributed by atoms with E-state index in [0.29, 0.717) is 23.5 Å². The molecule has 1 aromatic carbocycles. The van der Waals surface area contributed by atoms with Gasteiger partial charge in [-0.05, 0) is 56.6 Å². The van der Waals surface area contributed by atoms with Crippen LogP contribution in [0.25, 0.3) is 0 Å². The lowest BCUT2D eigenvalue weighted by molar-refractivity contribution is 0.0597. The number of piperidine rings is 1. The number of aryl methyl sites for hydroxylation is 1. The van der Waals surface area contributed by atoms with Gasteiger partial charge in [0.1, 0.15) is 0 Å². The lowest BCUT2D eigenvalue weighted by atomic mass is 9.85. The molecule has 2 aromatic rings. The first-order valence-corrected chi connectivity index (χ1v) is 10.2. The van der Waals surface area contributed by atoms with Crippen LogP contribution in [0.1, 0.15) is 43.0 Å². The van der Waals surface area contributed by atoms with Crippen molar-refractivity contribution in [1.82, 2.24) is 19.6 Å². The third-order valence-electron chi connectivity index (χ3n) is 5.60. The highest BCUT2D eigenvalue weighted by Crippen LogP contribution is 2.36. The maximum atomic E-state index is 10.6. The summed E-state index contributed by atoms with van der Waals surface area (Å²) >= 11 is 6.06. The molecule has 1 aromatic heterocycles. The smallest absolute Gasteiger partial charge is 0.0917 e. The molecule has 1 fully saturated rings. The van der Waals surface area contributed by atoms with Crippen molar-refractivity contribution in [2.24, 2.45) is 13.0 Å². The fourth-order valence-corrected chi connectivity index (χ4v) is 4.56. The summed E-state index contributed by atoms with van der Waals surface area (Å²) in [6, 6.07) is 7.89. The van der Waals surface area contributed by atoms with Gasteiger partial charge in [0.25, 0.3) is 0 Å². The van der Waals surface area contributed by atoms with Crippen LogP contribution in [-0.4, -0.2) is 57.9 Å². The van der Waals surface area contributed by atoms with E-state index in [2.05, 4.69) is 35.1 Å². The van der Waals surface area contributed by atoms with Gasteiger partial charge in [0.2, 0.25) is 0 Å². The first-order chi connectivity index (χ1) is 13.0. The minimum atomic E-state index is -0.531. The van der Waals surface area contributed by atoms with Gasteiger partial charge in [-0.2, -0.15) is 5.10 Å². The van der Waals surface area contributed by atoms with E-state index in [4.69, 9.17) is 11.6 Å². The summed E-state index contributed by atoms with van der Waals surface area (Å²) in [6.07, 6.45) is 6.04. The number of likely N-dealkylation sites (N-methyl/N-ethyl adjacent to an activating group) is 1. The molecular weight excluding hydrogens is 360 g/mol. The lowest BCUT2D eigenvalue weighted by Crippen LogP contribution is -2.43. The standard InChI is InChI=1S/C21H31ClN4O/c1-4-26-10-6-8-17(21(26)18-12-23-25(3)14-18)13-24(2)15-20(27)16-7-5-9-19(22)11-16/h5,7,9,11-12,14,17,20-21,27H,4,6,8,10,13,15H2,1-3H3/t17-,20?,21+/m0/s1. The van der Waals surface area contributed by atoms with Crippen LogP contribution in [0.2, 0.25) is 5.02 Å².